The Morgan fingerprint density at radius 1 is 1.00 bits per heavy atom. The number of carbonyl (C=O) groups excluding carboxylic acids is 1. The second kappa shape index (κ2) is 8.47. The molecule has 6 atom stereocenters. The number of ketones is 1. The first kappa shape index (κ1) is 22.2. The Bertz CT molecular complexity index is 1020. The lowest BCUT2D eigenvalue weighted by molar-refractivity contribution is -0.268. The van der Waals surface area contributed by atoms with Crippen LogP contribution in [0.5, 0.6) is 28.7 Å². The smallest absolute Gasteiger partial charge is 0.229 e. The highest BCUT2D eigenvalue weighted by Gasteiger charge is 2.44. The van der Waals surface area contributed by atoms with Gasteiger partial charge < -0.3 is 44.5 Å². The topological polar surface area (TPSA) is 155 Å². The molecule has 2 aliphatic rings. The van der Waals surface area contributed by atoms with Crippen LogP contribution < -0.4 is 14.2 Å². The first-order chi connectivity index (χ1) is 15.2. The molecule has 2 heterocycles. The van der Waals surface area contributed by atoms with Crippen LogP contribution in [0.1, 0.15) is 35.4 Å². The van der Waals surface area contributed by atoms with Gasteiger partial charge in [0.15, 0.2) is 17.3 Å². The number of carbonyl (C=O) groups is 1. The SMILES string of the molecule is COc1cc([C@@H]2CC(=O)c3c(O[C@@H]4OC(C)[C@H](O)C(O)[C@@H]4O)cc(O)cc3O2)ccc1O. The standard InChI is InChI=1S/C22H24O10/c1-9-19(26)20(27)21(28)22(30-9)32-17-7-11(23)6-16-18(17)13(25)8-14(31-16)10-3-4-12(24)15(5-10)29-2/h3-7,9,14,19-24,26-28H,8H2,1-2H3/t9?,14-,19-,20?,21-,22-/m0/s1. The van der Waals surface area contributed by atoms with E-state index in [4.69, 9.17) is 18.9 Å². The molecule has 2 unspecified atom stereocenters. The molecule has 1 saturated heterocycles. The summed E-state index contributed by atoms with van der Waals surface area (Å²) in [6.45, 7) is 1.50. The van der Waals surface area contributed by atoms with Gasteiger partial charge in [-0.1, -0.05) is 6.07 Å². The fourth-order valence-corrected chi connectivity index (χ4v) is 3.82. The van der Waals surface area contributed by atoms with Crippen LogP contribution in [0.25, 0.3) is 0 Å². The minimum absolute atomic E-state index is 0.0499. The van der Waals surface area contributed by atoms with Crippen molar-refractivity contribution < 1.29 is 49.3 Å². The van der Waals surface area contributed by atoms with Gasteiger partial charge in [-0.3, -0.25) is 4.79 Å². The number of hydrogen-bond donors (Lipinski definition) is 5. The van der Waals surface area contributed by atoms with Crippen molar-refractivity contribution in [3.8, 4) is 28.7 Å². The van der Waals surface area contributed by atoms with Gasteiger partial charge in [-0.25, -0.2) is 0 Å². The predicted octanol–water partition coefficient (Wildman–Crippen LogP) is 1.02. The van der Waals surface area contributed by atoms with Crippen molar-refractivity contribution in [3.63, 3.8) is 0 Å². The van der Waals surface area contributed by atoms with Crippen LogP contribution in [0.3, 0.4) is 0 Å². The molecule has 32 heavy (non-hydrogen) atoms. The van der Waals surface area contributed by atoms with Crippen LogP contribution in [-0.4, -0.2) is 69.1 Å². The molecule has 10 heteroatoms. The van der Waals surface area contributed by atoms with Gasteiger partial charge in [-0.2, -0.15) is 0 Å². The summed E-state index contributed by atoms with van der Waals surface area (Å²) in [5.74, 6) is -0.465. The number of fused-ring (bicyclic) bond motifs is 1. The minimum Gasteiger partial charge on any atom is -0.508 e. The number of hydrogen-bond acceptors (Lipinski definition) is 10. The van der Waals surface area contributed by atoms with E-state index in [1.807, 2.05) is 0 Å². The maximum absolute atomic E-state index is 13.0. The van der Waals surface area contributed by atoms with E-state index in [-0.39, 0.29) is 46.5 Å². The Labute approximate surface area is 183 Å². The summed E-state index contributed by atoms with van der Waals surface area (Å²) in [5, 5.41) is 50.0. The molecule has 10 nitrogen and oxygen atoms in total. The number of aromatic hydroxyl groups is 2. The van der Waals surface area contributed by atoms with Crippen LogP contribution in [0.15, 0.2) is 30.3 Å². The number of methoxy groups -OCH3 is 1. The maximum Gasteiger partial charge on any atom is 0.229 e. The first-order valence-corrected chi connectivity index (χ1v) is 9.99. The van der Waals surface area contributed by atoms with Gasteiger partial charge in [-0.15, -0.1) is 0 Å². The van der Waals surface area contributed by atoms with Crippen LogP contribution in [0.2, 0.25) is 0 Å². The van der Waals surface area contributed by atoms with Gasteiger partial charge in [-0.05, 0) is 24.6 Å². The molecule has 0 saturated carbocycles. The van der Waals surface area contributed by atoms with Crippen LogP contribution >= 0.6 is 0 Å². The average Bonchev–Trinajstić information content (AvgIpc) is 2.75. The predicted molar refractivity (Wildman–Crippen MR) is 108 cm³/mol. The highest BCUT2D eigenvalue weighted by atomic mass is 16.7. The number of benzene rings is 2. The summed E-state index contributed by atoms with van der Waals surface area (Å²) in [7, 11) is 1.40. The molecule has 0 aromatic heterocycles. The van der Waals surface area contributed by atoms with Crippen LogP contribution in [0.4, 0.5) is 0 Å². The van der Waals surface area contributed by atoms with E-state index < -0.39 is 36.8 Å². The third kappa shape index (κ3) is 3.93. The van der Waals surface area contributed by atoms with E-state index in [1.54, 1.807) is 12.1 Å². The summed E-state index contributed by atoms with van der Waals surface area (Å²) < 4.78 is 22.1. The fraction of sp³-hybridized carbons (Fsp3) is 0.409. The van der Waals surface area contributed by atoms with Gasteiger partial charge in [0.25, 0.3) is 0 Å². The van der Waals surface area contributed by atoms with Gasteiger partial charge >= 0.3 is 0 Å². The zero-order chi connectivity index (χ0) is 23.2. The van der Waals surface area contributed by atoms with Crippen molar-refractivity contribution in [1.29, 1.82) is 0 Å². The largest absolute Gasteiger partial charge is 0.508 e. The molecule has 4 rings (SSSR count). The molecule has 5 N–H and O–H groups in total. The van der Waals surface area contributed by atoms with Crippen molar-refractivity contribution in [3.05, 3.63) is 41.5 Å². The minimum atomic E-state index is -1.59. The van der Waals surface area contributed by atoms with Crippen molar-refractivity contribution in [1.82, 2.24) is 0 Å². The van der Waals surface area contributed by atoms with Crippen LogP contribution in [0, 0.1) is 0 Å². The molecule has 0 bridgehead atoms. The quantitative estimate of drug-likeness (QED) is 0.458. The highest BCUT2D eigenvalue weighted by Crippen LogP contribution is 2.44. The molecule has 1 fully saturated rings. The summed E-state index contributed by atoms with van der Waals surface area (Å²) in [6, 6.07) is 7.03. The van der Waals surface area contributed by atoms with E-state index in [1.165, 1.54) is 32.2 Å². The molecule has 2 aromatic carbocycles. The Kier molecular flexibility index (Phi) is 5.87. The molecule has 0 spiro atoms. The van der Waals surface area contributed by atoms with Crippen molar-refractivity contribution >= 4 is 5.78 Å². The van der Waals surface area contributed by atoms with E-state index in [0.29, 0.717) is 5.56 Å². The first-order valence-electron chi connectivity index (χ1n) is 9.99. The summed E-state index contributed by atoms with van der Waals surface area (Å²) in [4.78, 5) is 13.0. The number of aliphatic hydroxyl groups is 3. The molecule has 0 radical (unpaired) electrons. The summed E-state index contributed by atoms with van der Waals surface area (Å²) in [5.41, 5.74) is 0.635. The van der Waals surface area contributed by atoms with Gasteiger partial charge in [0.2, 0.25) is 6.29 Å². The van der Waals surface area contributed by atoms with Gasteiger partial charge in [0.1, 0.15) is 47.2 Å². The van der Waals surface area contributed by atoms with Crippen molar-refractivity contribution in [2.75, 3.05) is 7.11 Å². The normalized spacial score (nSPS) is 29.7. The summed E-state index contributed by atoms with van der Waals surface area (Å²) in [6.07, 6.45) is -7.40. The number of aliphatic hydroxyl groups excluding tert-OH is 3. The third-order valence-electron chi connectivity index (χ3n) is 5.60. The number of phenolic OH excluding ortho intramolecular Hbond substituents is 2. The lowest BCUT2D eigenvalue weighted by Gasteiger charge is -2.39. The Balaban J connectivity index is 1.64. The number of rotatable bonds is 4. The van der Waals surface area contributed by atoms with Crippen molar-refractivity contribution in [2.24, 2.45) is 0 Å². The molecular weight excluding hydrogens is 424 g/mol. The molecular formula is C22H24O10. The van der Waals surface area contributed by atoms with E-state index in [0.717, 1.165) is 0 Å². The Morgan fingerprint density at radius 2 is 1.75 bits per heavy atom. The molecule has 2 aliphatic heterocycles. The van der Waals surface area contributed by atoms with Gasteiger partial charge in [0.05, 0.1) is 19.6 Å². The molecule has 172 valence electrons. The van der Waals surface area contributed by atoms with E-state index in [9.17, 15) is 30.3 Å². The molecule has 0 aliphatic carbocycles. The second-order valence-corrected chi connectivity index (χ2v) is 7.78. The number of ether oxygens (including phenoxy) is 4. The van der Waals surface area contributed by atoms with Crippen LogP contribution in [-0.2, 0) is 4.74 Å². The zero-order valence-electron chi connectivity index (χ0n) is 17.3. The molecule has 0 amide bonds. The monoisotopic (exact) mass is 448 g/mol. The van der Waals surface area contributed by atoms with E-state index in [2.05, 4.69) is 0 Å². The zero-order valence-corrected chi connectivity index (χ0v) is 17.3. The molecule has 2 aromatic rings. The summed E-state index contributed by atoms with van der Waals surface area (Å²) >= 11 is 0. The third-order valence-corrected chi connectivity index (χ3v) is 5.60. The maximum atomic E-state index is 13.0. The fourth-order valence-electron chi connectivity index (χ4n) is 3.82. The lowest BCUT2D eigenvalue weighted by Crippen LogP contribution is -2.58. The van der Waals surface area contributed by atoms with Crippen molar-refractivity contribution in [2.45, 2.75) is 50.2 Å². The average molecular weight is 448 g/mol. The van der Waals surface area contributed by atoms with Gasteiger partial charge in [0, 0.05) is 12.1 Å². The second-order valence-electron chi connectivity index (χ2n) is 7.78. The number of phenols is 2. The Morgan fingerprint density at radius 3 is 2.47 bits per heavy atom. The Hall–Kier alpha value is -3.05. The lowest BCUT2D eigenvalue weighted by atomic mass is 9.95. The number of Topliss-reactive ketones (excluding diaryl/α,β-unsaturated/α-hetero) is 1. The highest BCUT2D eigenvalue weighted by molar-refractivity contribution is 6.02. The van der Waals surface area contributed by atoms with E-state index >= 15 is 0 Å².